The van der Waals surface area contributed by atoms with Crippen LogP contribution in [0.3, 0.4) is 0 Å². The molecular weight excluding hydrogens is 276 g/mol. The van der Waals surface area contributed by atoms with E-state index in [0.717, 1.165) is 15.9 Å². The molecule has 0 radical (unpaired) electrons. The number of nitrogens with zero attached hydrogens (tertiary/aromatic N) is 2. The number of hydrogen-bond acceptors (Lipinski definition) is 5. The van der Waals surface area contributed by atoms with Crippen molar-refractivity contribution in [2.24, 2.45) is 0 Å². The Bertz CT molecular complexity index is 660. The van der Waals surface area contributed by atoms with Crippen LogP contribution in [-0.4, -0.2) is 34.7 Å². The van der Waals surface area contributed by atoms with Crippen molar-refractivity contribution in [3.05, 3.63) is 30.1 Å². The molecule has 0 aliphatic heterocycles. The Kier molecular flexibility index (Phi) is 4.52. The second kappa shape index (κ2) is 6.33. The third-order valence-electron chi connectivity index (χ3n) is 2.50. The molecule has 3 amide bonds. The van der Waals surface area contributed by atoms with Gasteiger partial charge in [0.2, 0.25) is 5.91 Å². The number of carbonyl (C=O) groups is 2. The molecule has 20 heavy (non-hydrogen) atoms. The zero-order valence-corrected chi connectivity index (χ0v) is 12.0. The molecule has 7 heteroatoms. The lowest BCUT2D eigenvalue weighted by molar-refractivity contribution is -0.117. The van der Waals surface area contributed by atoms with Crippen LogP contribution in [0, 0.1) is 6.92 Å². The number of thioether (sulfide) groups is 1. The van der Waals surface area contributed by atoms with Gasteiger partial charge in [-0.1, -0.05) is 30.0 Å². The van der Waals surface area contributed by atoms with Crippen LogP contribution < -0.4 is 10.6 Å². The SMILES string of the molecule is CNC(=O)NC(=O)CSc1nc(C)nc2ccccc12. The molecule has 2 aromatic rings. The number of carbonyl (C=O) groups excluding carboxylic acids is 2. The normalized spacial score (nSPS) is 10.3. The molecule has 6 nitrogen and oxygen atoms in total. The van der Waals surface area contributed by atoms with Crippen molar-refractivity contribution in [3.63, 3.8) is 0 Å². The number of fused-ring (bicyclic) bond motifs is 1. The molecule has 0 unspecified atom stereocenters. The number of imide groups is 1. The summed E-state index contributed by atoms with van der Waals surface area (Å²) in [6.07, 6.45) is 0. The van der Waals surface area contributed by atoms with Gasteiger partial charge in [-0.05, 0) is 13.0 Å². The average Bonchev–Trinajstić information content (AvgIpc) is 2.44. The molecule has 0 saturated heterocycles. The number of hydrogen-bond donors (Lipinski definition) is 2. The molecule has 0 atom stereocenters. The number of rotatable bonds is 3. The third kappa shape index (κ3) is 3.45. The van der Waals surface area contributed by atoms with Gasteiger partial charge in [-0.3, -0.25) is 10.1 Å². The van der Waals surface area contributed by atoms with Crippen molar-refractivity contribution in [1.82, 2.24) is 20.6 Å². The Hall–Kier alpha value is -2.15. The number of aromatic nitrogens is 2. The van der Waals surface area contributed by atoms with Crippen LogP contribution >= 0.6 is 11.8 Å². The summed E-state index contributed by atoms with van der Waals surface area (Å²) in [7, 11) is 1.46. The van der Waals surface area contributed by atoms with Crippen molar-refractivity contribution >= 4 is 34.6 Å². The quantitative estimate of drug-likeness (QED) is 0.661. The molecule has 1 heterocycles. The van der Waals surface area contributed by atoms with E-state index in [2.05, 4.69) is 20.6 Å². The smallest absolute Gasteiger partial charge is 0.321 e. The van der Waals surface area contributed by atoms with E-state index in [4.69, 9.17) is 0 Å². The van der Waals surface area contributed by atoms with E-state index in [-0.39, 0.29) is 11.7 Å². The van der Waals surface area contributed by atoms with E-state index in [1.807, 2.05) is 24.3 Å². The number of aryl methyl sites for hydroxylation is 1. The largest absolute Gasteiger partial charge is 0.341 e. The van der Waals surface area contributed by atoms with Crippen molar-refractivity contribution in [2.75, 3.05) is 12.8 Å². The Morgan fingerprint density at radius 3 is 2.75 bits per heavy atom. The highest BCUT2D eigenvalue weighted by Crippen LogP contribution is 2.24. The first-order valence-electron chi connectivity index (χ1n) is 5.98. The molecule has 0 fully saturated rings. The zero-order valence-electron chi connectivity index (χ0n) is 11.1. The van der Waals surface area contributed by atoms with Gasteiger partial charge in [0.25, 0.3) is 0 Å². The lowest BCUT2D eigenvalue weighted by Gasteiger charge is -2.06. The molecule has 1 aromatic carbocycles. The van der Waals surface area contributed by atoms with E-state index in [9.17, 15) is 9.59 Å². The third-order valence-corrected chi connectivity index (χ3v) is 3.49. The summed E-state index contributed by atoms with van der Waals surface area (Å²) in [6.45, 7) is 1.81. The summed E-state index contributed by atoms with van der Waals surface area (Å²) in [5.41, 5.74) is 0.842. The molecule has 0 saturated carbocycles. The standard InChI is InChI=1S/C13H14N4O2S/c1-8-15-10-6-4-3-5-9(10)12(16-8)20-7-11(18)17-13(19)14-2/h3-6H,7H2,1-2H3,(H2,14,17,18,19). The summed E-state index contributed by atoms with van der Waals surface area (Å²) in [4.78, 5) is 31.3. The molecule has 1 aromatic heterocycles. The average molecular weight is 290 g/mol. The second-order valence-electron chi connectivity index (χ2n) is 4.01. The number of urea groups is 1. The van der Waals surface area contributed by atoms with Crippen LogP contribution in [0.2, 0.25) is 0 Å². The van der Waals surface area contributed by atoms with Crippen molar-refractivity contribution < 1.29 is 9.59 Å². The molecule has 104 valence electrons. The Labute approximate surface area is 120 Å². The highest BCUT2D eigenvalue weighted by atomic mass is 32.2. The van der Waals surface area contributed by atoms with Gasteiger partial charge in [-0.2, -0.15) is 0 Å². The van der Waals surface area contributed by atoms with Crippen LogP contribution in [0.25, 0.3) is 10.9 Å². The van der Waals surface area contributed by atoms with Crippen LogP contribution in [0.1, 0.15) is 5.82 Å². The van der Waals surface area contributed by atoms with E-state index < -0.39 is 6.03 Å². The maximum Gasteiger partial charge on any atom is 0.321 e. The first-order chi connectivity index (χ1) is 9.60. The topological polar surface area (TPSA) is 84.0 Å². The van der Waals surface area contributed by atoms with Crippen LogP contribution in [0.5, 0.6) is 0 Å². The van der Waals surface area contributed by atoms with Gasteiger partial charge in [0.1, 0.15) is 10.9 Å². The fraction of sp³-hybridized carbons (Fsp3) is 0.231. The van der Waals surface area contributed by atoms with Gasteiger partial charge in [0.15, 0.2) is 0 Å². The van der Waals surface area contributed by atoms with Crippen molar-refractivity contribution in [1.29, 1.82) is 0 Å². The zero-order chi connectivity index (χ0) is 14.5. The molecule has 0 spiro atoms. The minimum Gasteiger partial charge on any atom is -0.341 e. The van der Waals surface area contributed by atoms with Crippen LogP contribution in [0.15, 0.2) is 29.3 Å². The van der Waals surface area contributed by atoms with Gasteiger partial charge in [0.05, 0.1) is 11.3 Å². The maximum atomic E-state index is 11.6. The van der Waals surface area contributed by atoms with Crippen molar-refractivity contribution in [3.8, 4) is 0 Å². The summed E-state index contributed by atoms with van der Waals surface area (Å²) in [5, 5.41) is 6.17. The predicted octanol–water partition coefficient (Wildman–Crippen LogP) is 1.49. The lowest BCUT2D eigenvalue weighted by Crippen LogP contribution is -2.38. The molecule has 2 rings (SSSR count). The van der Waals surface area contributed by atoms with E-state index >= 15 is 0 Å². The Balaban J connectivity index is 2.13. The predicted molar refractivity (Wildman–Crippen MR) is 77.6 cm³/mol. The number of amides is 3. The summed E-state index contributed by atoms with van der Waals surface area (Å²) in [6, 6.07) is 7.10. The van der Waals surface area contributed by atoms with Gasteiger partial charge < -0.3 is 5.32 Å². The van der Waals surface area contributed by atoms with E-state index in [1.165, 1.54) is 18.8 Å². The van der Waals surface area contributed by atoms with Gasteiger partial charge >= 0.3 is 6.03 Å². The number of para-hydroxylation sites is 1. The fourth-order valence-corrected chi connectivity index (χ4v) is 2.49. The van der Waals surface area contributed by atoms with Gasteiger partial charge in [-0.15, -0.1) is 0 Å². The number of benzene rings is 1. The summed E-state index contributed by atoms with van der Waals surface area (Å²) < 4.78 is 0. The van der Waals surface area contributed by atoms with E-state index in [0.29, 0.717) is 5.82 Å². The molecule has 0 bridgehead atoms. The number of nitrogens with one attached hydrogen (secondary N) is 2. The first kappa shape index (κ1) is 14.3. The van der Waals surface area contributed by atoms with Crippen LogP contribution in [-0.2, 0) is 4.79 Å². The highest BCUT2D eigenvalue weighted by molar-refractivity contribution is 8.00. The lowest BCUT2D eigenvalue weighted by atomic mass is 10.2. The summed E-state index contributed by atoms with van der Waals surface area (Å²) >= 11 is 1.28. The van der Waals surface area contributed by atoms with E-state index in [1.54, 1.807) is 6.92 Å². The Morgan fingerprint density at radius 1 is 1.25 bits per heavy atom. The maximum absolute atomic E-state index is 11.6. The molecule has 0 aliphatic carbocycles. The van der Waals surface area contributed by atoms with Crippen LogP contribution in [0.4, 0.5) is 4.79 Å². The minimum absolute atomic E-state index is 0.119. The Morgan fingerprint density at radius 2 is 2.00 bits per heavy atom. The second-order valence-corrected chi connectivity index (χ2v) is 4.97. The summed E-state index contributed by atoms with van der Waals surface area (Å²) in [5.74, 6) is 0.404. The van der Waals surface area contributed by atoms with Gasteiger partial charge in [0, 0.05) is 12.4 Å². The monoisotopic (exact) mass is 290 g/mol. The minimum atomic E-state index is -0.515. The first-order valence-corrected chi connectivity index (χ1v) is 6.96. The van der Waals surface area contributed by atoms with Crippen molar-refractivity contribution in [2.45, 2.75) is 11.9 Å². The fourth-order valence-electron chi connectivity index (χ4n) is 1.63. The molecule has 2 N–H and O–H groups in total. The molecular formula is C13H14N4O2S. The molecule has 0 aliphatic rings. The van der Waals surface area contributed by atoms with Gasteiger partial charge in [-0.25, -0.2) is 14.8 Å². The highest BCUT2D eigenvalue weighted by Gasteiger charge is 2.10.